The Morgan fingerprint density at radius 1 is 1.29 bits per heavy atom. The fourth-order valence-corrected chi connectivity index (χ4v) is 3.11. The quantitative estimate of drug-likeness (QED) is 0.634. The molecule has 2 heterocycles. The molecule has 0 fully saturated rings. The second-order valence-corrected chi connectivity index (χ2v) is 6.15. The first kappa shape index (κ1) is 16.1. The second-order valence-electron chi connectivity index (χ2n) is 5.21. The van der Waals surface area contributed by atoms with Crippen LogP contribution in [-0.2, 0) is 18.4 Å². The number of carbonyl (C=O) groups excluding carboxylic acids is 1. The molecular weight excluding hydrogens is 330 g/mol. The van der Waals surface area contributed by atoms with Gasteiger partial charge in [-0.1, -0.05) is 42.1 Å². The second kappa shape index (κ2) is 6.36. The summed E-state index contributed by atoms with van der Waals surface area (Å²) < 4.78 is 2.96. The predicted octanol–water partition coefficient (Wildman–Crippen LogP) is 0.0490. The van der Waals surface area contributed by atoms with Crippen LogP contribution in [0.15, 0.2) is 45.1 Å². The first-order chi connectivity index (χ1) is 11.5. The van der Waals surface area contributed by atoms with E-state index in [0.717, 1.165) is 17.3 Å². The van der Waals surface area contributed by atoms with Crippen LogP contribution in [-0.4, -0.2) is 30.8 Å². The number of nitrogens with two attached hydrogens (primary N) is 1. The van der Waals surface area contributed by atoms with E-state index in [2.05, 4.69) is 9.97 Å². The van der Waals surface area contributed by atoms with Crippen molar-refractivity contribution in [3.8, 4) is 0 Å². The molecule has 0 spiro atoms. The van der Waals surface area contributed by atoms with Crippen LogP contribution in [0.4, 0.5) is 0 Å². The summed E-state index contributed by atoms with van der Waals surface area (Å²) in [7, 11) is 1.53. The van der Waals surface area contributed by atoms with Gasteiger partial charge in [-0.2, -0.15) is 0 Å². The largest absolute Gasteiger partial charge is 0.369 e. The van der Waals surface area contributed by atoms with Crippen LogP contribution in [0.3, 0.4) is 0 Å². The number of amides is 1. The first-order valence-corrected chi connectivity index (χ1v) is 8.10. The first-order valence-electron chi connectivity index (χ1n) is 7.12. The van der Waals surface area contributed by atoms with Gasteiger partial charge < -0.3 is 10.3 Å². The van der Waals surface area contributed by atoms with E-state index < -0.39 is 17.2 Å². The molecule has 0 saturated heterocycles. The highest BCUT2D eigenvalue weighted by Crippen LogP contribution is 2.22. The molecule has 1 aromatic carbocycles. The van der Waals surface area contributed by atoms with Crippen LogP contribution < -0.4 is 17.0 Å². The van der Waals surface area contributed by atoms with Gasteiger partial charge in [0, 0.05) is 7.05 Å². The lowest BCUT2D eigenvalue weighted by molar-refractivity contribution is -0.115. The van der Waals surface area contributed by atoms with E-state index in [4.69, 9.17) is 5.73 Å². The molecule has 24 heavy (non-hydrogen) atoms. The van der Waals surface area contributed by atoms with Crippen molar-refractivity contribution in [1.29, 1.82) is 0 Å². The fourth-order valence-electron chi connectivity index (χ4n) is 2.37. The molecule has 0 atom stereocenters. The maximum Gasteiger partial charge on any atom is 0.329 e. The lowest BCUT2D eigenvalue weighted by Crippen LogP contribution is -2.29. The molecular formula is C15H15N5O3S. The van der Waals surface area contributed by atoms with Gasteiger partial charge in [-0.15, -0.1) is 0 Å². The van der Waals surface area contributed by atoms with E-state index in [1.807, 2.05) is 30.3 Å². The standard InChI is InChI=1S/C15H15N5O3S/c1-19-12-11(13(22)18-14(19)23)20(7-9-5-3-2-4-6-9)15(17-12)24-8-10(16)21/h2-6H,7-8H2,1H3,(H2,16,21)(H,18,22,23). The molecule has 1 amide bonds. The van der Waals surface area contributed by atoms with Crippen LogP contribution in [0.1, 0.15) is 5.56 Å². The van der Waals surface area contributed by atoms with E-state index in [-0.39, 0.29) is 16.9 Å². The van der Waals surface area contributed by atoms with Gasteiger partial charge in [0.1, 0.15) is 0 Å². The third kappa shape index (κ3) is 2.98. The van der Waals surface area contributed by atoms with Gasteiger partial charge in [0.05, 0.1) is 12.3 Å². The molecule has 0 aliphatic heterocycles. The average Bonchev–Trinajstić information content (AvgIpc) is 2.91. The fraction of sp³-hybridized carbons (Fsp3) is 0.200. The Balaban J connectivity index is 2.20. The number of aromatic amines is 1. The highest BCUT2D eigenvalue weighted by molar-refractivity contribution is 7.99. The Labute approximate surface area is 140 Å². The molecule has 0 aliphatic carbocycles. The molecule has 3 N–H and O–H groups in total. The van der Waals surface area contributed by atoms with Crippen LogP contribution >= 0.6 is 11.8 Å². The number of nitrogens with zero attached hydrogens (tertiary/aromatic N) is 3. The Kier molecular flexibility index (Phi) is 4.26. The SMILES string of the molecule is Cn1c(=O)[nH]c(=O)c2c1nc(SCC(N)=O)n2Cc1ccccc1. The number of aromatic nitrogens is 4. The van der Waals surface area contributed by atoms with Crippen LogP contribution in [0, 0.1) is 0 Å². The van der Waals surface area contributed by atoms with Crippen molar-refractivity contribution >= 4 is 28.8 Å². The summed E-state index contributed by atoms with van der Waals surface area (Å²) in [5.74, 6) is -0.453. The summed E-state index contributed by atoms with van der Waals surface area (Å²) in [4.78, 5) is 41.8. The van der Waals surface area contributed by atoms with Crippen molar-refractivity contribution in [2.45, 2.75) is 11.7 Å². The van der Waals surface area contributed by atoms with Crippen molar-refractivity contribution in [2.24, 2.45) is 12.8 Å². The van der Waals surface area contributed by atoms with Gasteiger partial charge in [0.2, 0.25) is 5.91 Å². The Hall–Kier alpha value is -2.81. The number of H-pyrrole nitrogens is 1. The summed E-state index contributed by atoms with van der Waals surface area (Å²) >= 11 is 1.13. The number of rotatable bonds is 5. The summed E-state index contributed by atoms with van der Waals surface area (Å²) in [6.07, 6.45) is 0. The maximum absolute atomic E-state index is 12.3. The minimum atomic E-state index is -0.539. The molecule has 0 saturated carbocycles. The van der Waals surface area contributed by atoms with E-state index in [0.29, 0.717) is 11.7 Å². The number of benzene rings is 1. The summed E-state index contributed by atoms with van der Waals surface area (Å²) in [6.45, 7) is 0.389. The Bertz CT molecular complexity index is 1020. The molecule has 9 heteroatoms. The van der Waals surface area contributed by atoms with Gasteiger partial charge in [-0.3, -0.25) is 19.1 Å². The van der Waals surface area contributed by atoms with E-state index >= 15 is 0 Å². The number of hydrogen-bond acceptors (Lipinski definition) is 5. The molecule has 0 radical (unpaired) electrons. The normalized spacial score (nSPS) is 11.0. The molecule has 0 unspecified atom stereocenters. The van der Waals surface area contributed by atoms with Gasteiger partial charge in [-0.05, 0) is 5.56 Å². The topological polar surface area (TPSA) is 116 Å². The van der Waals surface area contributed by atoms with Gasteiger partial charge in [0.15, 0.2) is 16.3 Å². The van der Waals surface area contributed by atoms with Gasteiger partial charge >= 0.3 is 5.69 Å². The number of aryl methyl sites for hydroxylation is 1. The summed E-state index contributed by atoms with van der Waals surface area (Å²) in [6, 6.07) is 9.53. The summed E-state index contributed by atoms with van der Waals surface area (Å²) in [5.41, 5.74) is 5.67. The predicted molar refractivity (Wildman–Crippen MR) is 91.1 cm³/mol. The van der Waals surface area contributed by atoms with E-state index in [1.165, 1.54) is 11.6 Å². The van der Waals surface area contributed by atoms with Crippen LogP contribution in [0.5, 0.6) is 0 Å². The third-order valence-electron chi connectivity index (χ3n) is 3.50. The third-order valence-corrected chi connectivity index (χ3v) is 4.50. The number of thioether (sulfide) groups is 1. The minimum Gasteiger partial charge on any atom is -0.369 e. The lowest BCUT2D eigenvalue weighted by atomic mass is 10.2. The molecule has 0 aliphatic rings. The van der Waals surface area contributed by atoms with E-state index in [9.17, 15) is 14.4 Å². The maximum atomic E-state index is 12.3. The highest BCUT2D eigenvalue weighted by atomic mass is 32.2. The Morgan fingerprint density at radius 2 is 2.00 bits per heavy atom. The van der Waals surface area contributed by atoms with Crippen molar-refractivity contribution in [1.82, 2.24) is 19.1 Å². The molecule has 124 valence electrons. The minimum absolute atomic E-state index is 0.0317. The van der Waals surface area contributed by atoms with Crippen LogP contribution in [0.25, 0.3) is 11.2 Å². The van der Waals surface area contributed by atoms with Crippen molar-refractivity contribution < 1.29 is 4.79 Å². The van der Waals surface area contributed by atoms with Crippen LogP contribution in [0.2, 0.25) is 0 Å². The molecule has 3 rings (SSSR count). The molecule has 8 nitrogen and oxygen atoms in total. The van der Waals surface area contributed by atoms with E-state index in [1.54, 1.807) is 4.57 Å². The van der Waals surface area contributed by atoms with Crippen molar-refractivity contribution in [2.75, 3.05) is 5.75 Å². The number of primary amides is 1. The summed E-state index contributed by atoms with van der Waals surface area (Å²) in [5, 5.41) is 0.458. The van der Waals surface area contributed by atoms with Gasteiger partial charge in [-0.25, -0.2) is 9.78 Å². The monoisotopic (exact) mass is 345 g/mol. The number of fused-ring (bicyclic) bond motifs is 1. The average molecular weight is 345 g/mol. The zero-order valence-corrected chi connectivity index (χ0v) is 13.7. The number of carbonyl (C=O) groups is 1. The van der Waals surface area contributed by atoms with Gasteiger partial charge in [0.25, 0.3) is 5.56 Å². The number of imidazole rings is 1. The lowest BCUT2D eigenvalue weighted by Gasteiger charge is -2.08. The highest BCUT2D eigenvalue weighted by Gasteiger charge is 2.18. The Morgan fingerprint density at radius 3 is 2.67 bits per heavy atom. The number of nitrogens with one attached hydrogen (secondary N) is 1. The molecule has 0 bridgehead atoms. The smallest absolute Gasteiger partial charge is 0.329 e. The zero-order valence-electron chi connectivity index (χ0n) is 12.9. The van der Waals surface area contributed by atoms with Crippen molar-refractivity contribution in [3.63, 3.8) is 0 Å². The molecule has 3 aromatic rings. The molecule has 2 aromatic heterocycles. The zero-order chi connectivity index (χ0) is 17.3. The van der Waals surface area contributed by atoms with Crippen molar-refractivity contribution in [3.05, 3.63) is 56.7 Å². The number of hydrogen-bond donors (Lipinski definition) is 2.